The summed E-state index contributed by atoms with van der Waals surface area (Å²) >= 11 is 0. The third kappa shape index (κ3) is 11.7. The molecule has 1 atom stereocenters. The van der Waals surface area contributed by atoms with Crippen LogP contribution in [0.2, 0.25) is 0 Å². The Morgan fingerprint density at radius 2 is 1.49 bits per heavy atom. The van der Waals surface area contributed by atoms with Crippen LogP contribution in [0.5, 0.6) is 0 Å². The lowest BCUT2D eigenvalue weighted by Gasteiger charge is -2.40. The van der Waals surface area contributed by atoms with Gasteiger partial charge >= 0.3 is 24.3 Å². The smallest absolute Gasteiger partial charge is 0.475 e. The second kappa shape index (κ2) is 13.6. The third-order valence-corrected chi connectivity index (χ3v) is 5.48. The van der Waals surface area contributed by atoms with Gasteiger partial charge in [0, 0.05) is 31.7 Å². The number of carbonyl (C=O) groups is 2. The minimum absolute atomic E-state index is 0.686. The van der Waals surface area contributed by atoms with E-state index < -0.39 is 24.3 Å². The molecular weight excluding hydrogens is 492 g/mol. The van der Waals surface area contributed by atoms with Crippen LogP contribution in [0.3, 0.4) is 0 Å². The van der Waals surface area contributed by atoms with Crippen molar-refractivity contribution in [3.8, 4) is 0 Å². The van der Waals surface area contributed by atoms with Gasteiger partial charge in [0.15, 0.2) is 0 Å². The number of hydrogen-bond acceptors (Lipinski definition) is 7. The Hall–Kier alpha value is -2.39. The lowest BCUT2D eigenvalue weighted by atomic mass is 9.89. The van der Waals surface area contributed by atoms with E-state index in [9.17, 15) is 26.3 Å². The molecule has 9 nitrogen and oxygen atoms in total. The zero-order chi connectivity index (χ0) is 26.8. The topological polar surface area (TPSA) is 116 Å². The van der Waals surface area contributed by atoms with Gasteiger partial charge in [-0.25, -0.2) is 9.59 Å². The van der Waals surface area contributed by atoms with Crippen LogP contribution in [0.1, 0.15) is 31.2 Å². The van der Waals surface area contributed by atoms with E-state index in [0.29, 0.717) is 6.04 Å². The highest BCUT2D eigenvalue weighted by molar-refractivity contribution is 5.73. The van der Waals surface area contributed by atoms with Gasteiger partial charge in [0.25, 0.3) is 0 Å². The van der Waals surface area contributed by atoms with Crippen LogP contribution in [-0.2, 0) is 20.9 Å². The molecule has 1 unspecified atom stereocenters. The number of aromatic nitrogens is 1. The molecule has 2 aliphatic rings. The lowest BCUT2D eigenvalue weighted by Crippen LogP contribution is -2.48. The second-order valence-electron chi connectivity index (χ2n) is 8.04. The van der Waals surface area contributed by atoms with Crippen LogP contribution < -0.4 is 0 Å². The van der Waals surface area contributed by atoms with E-state index in [4.69, 9.17) is 29.1 Å². The van der Waals surface area contributed by atoms with Crippen molar-refractivity contribution < 1.29 is 55.4 Å². The molecule has 0 amide bonds. The molecule has 1 aromatic rings. The molecule has 0 saturated carbocycles. The lowest BCUT2D eigenvalue weighted by molar-refractivity contribution is -0.193. The molecule has 0 aliphatic carbocycles. The monoisotopic (exact) mass is 521 g/mol. The maximum Gasteiger partial charge on any atom is 0.490 e. The first-order valence-electron chi connectivity index (χ1n) is 10.7. The number of ether oxygens (including phenoxy) is 1. The molecule has 1 aromatic heterocycles. The highest BCUT2D eigenvalue weighted by Gasteiger charge is 2.39. The molecule has 15 heteroatoms. The summed E-state index contributed by atoms with van der Waals surface area (Å²) in [6.07, 6.45) is -7.59. The number of carboxylic acid groups (broad SMARTS) is 2. The number of piperidine rings is 1. The number of carboxylic acids is 2. The fourth-order valence-corrected chi connectivity index (χ4v) is 3.60. The van der Waals surface area contributed by atoms with Crippen LogP contribution in [0, 0.1) is 12.8 Å². The Labute approximate surface area is 197 Å². The van der Waals surface area contributed by atoms with Crippen molar-refractivity contribution in [2.75, 3.05) is 39.4 Å². The molecule has 35 heavy (non-hydrogen) atoms. The molecule has 202 valence electrons. The Morgan fingerprint density at radius 3 is 1.86 bits per heavy atom. The number of likely N-dealkylation sites (tertiary alicyclic amines) is 1. The number of halogens is 6. The fourth-order valence-electron chi connectivity index (χ4n) is 3.60. The minimum atomic E-state index is -5.08. The van der Waals surface area contributed by atoms with E-state index in [1.807, 2.05) is 13.0 Å². The van der Waals surface area contributed by atoms with E-state index in [2.05, 4.69) is 21.9 Å². The Morgan fingerprint density at radius 1 is 1.03 bits per heavy atom. The van der Waals surface area contributed by atoms with Crippen molar-refractivity contribution in [3.63, 3.8) is 0 Å². The first-order valence-corrected chi connectivity index (χ1v) is 10.7. The van der Waals surface area contributed by atoms with Crippen molar-refractivity contribution in [2.45, 2.75) is 51.6 Å². The predicted octanol–water partition coefficient (Wildman–Crippen LogP) is 3.18. The van der Waals surface area contributed by atoms with Crippen molar-refractivity contribution in [1.29, 1.82) is 0 Å². The number of aliphatic carboxylic acids is 2. The zero-order valence-corrected chi connectivity index (χ0v) is 19.2. The highest BCUT2D eigenvalue weighted by atomic mass is 19.4. The normalized spacial score (nSPS) is 19.1. The number of rotatable bonds is 4. The molecule has 2 saturated heterocycles. The van der Waals surface area contributed by atoms with Crippen LogP contribution in [0.15, 0.2) is 10.6 Å². The minimum Gasteiger partial charge on any atom is -0.475 e. The number of hydrogen-bond donors (Lipinski definition) is 2. The van der Waals surface area contributed by atoms with Crippen molar-refractivity contribution in [3.05, 3.63) is 17.5 Å². The average Bonchev–Trinajstić information content (AvgIpc) is 3.18. The van der Waals surface area contributed by atoms with Gasteiger partial charge in [0.05, 0.1) is 18.9 Å². The van der Waals surface area contributed by atoms with Gasteiger partial charge in [-0.15, -0.1) is 0 Å². The van der Waals surface area contributed by atoms with Crippen molar-refractivity contribution in [2.24, 2.45) is 5.92 Å². The highest BCUT2D eigenvalue weighted by Crippen LogP contribution is 2.25. The molecular formula is C20H29F6N3O6. The number of nitrogens with zero attached hydrogens (tertiary/aromatic N) is 3. The molecule has 2 fully saturated rings. The van der Waals surface area contributed by atoms with Crippen molar-refractivity contribution >= 4 is 11.9 Å². The standard InChI is InChI=1S/C16H27N3O2.2C2HF3O2/c1-13-11-16(17-21-13)12-18-5-3-15(4-6-18)14(2)19-7-9-20-10-8-19;2*3-2(4,5)1(6)7/h11,14-15H,3-10,12H2,1-2H3;2*(H,6,7). The number of alkyl halides is 6. The SMILES string of the molecule is Cc1cc(CN2CCC(C(C)N3CCOCC3)CC2)no1.O=C(O)C(F)(F)F.O=C(O)C(F)(F)F. The van der Waals surface area contributed by atoms with Gasteiger partial charge in [-0.3, -0.25) is 9.80 Å². The Balaban J connectivity index is 0.000000362. The summed E-state index contributed by atoms with van der Waals surface area (Å²) < 4.78 is 74.1. The maximum atomic E-state index is 10.6. The summed E-state index contributed by atoms with van der Waals surface area (Å²) in [7, 11) is 0. The van der Waals surface area contributed by atoms with E-state index in [-0.39, 0.29) is 0 Å². The van der Waals surface area contributed by atoms with Crippen LogP contribution in [0.25, 0.3) is 0 Å². The van der Waals surface area contributed by atoms with Crippen LogP contribution in [0.4, 0.5) is 26.3 Å². The summed E-state index contributed by atoms with van der Waals surface area (Å²) in [5, 5.41) is 18.3. The number of aryl methyl sites for hydroxylation is 1. The van der Waals surface area contributed by atoms with Gasteiger partial charge in [-0.05, 0) is 45.7 Å². The fraction of sp³-hybridized carbons (Fsp3) is 0.750. The molecule has 3 heterocycles. The van der Waals surface area contributed by atoms with Gasteiger partial charge < -0.3 is 19.5 Å². The zero-order valence-electron chi connectivity index (χ0n) is 19.2. The summed E-state index contributed by atoms with van der Waals surface area (Å²) in [6, 6.07) is 2.73. The molecule has 2 N–H and O–H groups in total. The molecule has 0 radical (unpaired) electrons. The molecule has 0 aromatic carbocycles. The van der Waals surface area contributed by atoms with Gasteiger partial charge in [0.1, 0.15) is 5.76 Å². The molecule has 0 spiro atoms. The van der Waals surface area contributed by atoms with Gasteiger partial charge in [-0.1, -0.05) is 5.16 Å². The largest absolute Gasteiger partial charge is 0.490 e. The van der Waals surface area contributed by atoms with Gasteiger partial charge in [0.2, 0.25) is 0 Å². The molecule has 2 aliphatic heterocycles. The maximum absolute atomic E-state index is 10.6. The van der Waals surface area contributed by atoms with E-state index in [1.54, 1.807) is 0 Å². The molecule has 3 rings (SSSR count). The second-order valence-corrected chi connectivity index (χ2v) is 8.04. The summed E-state index contributed by atoms with van der Waals surface area (Å²) in [4.78, 5) is 22.9. The average molecular weight is 521 g/mol. The summed E-state index contributed by atoms with van der Waals surface area (Å²) in [5.41, 5.74) is 1.06. The summed E-state index contributed by atoms with van der Waals surface area (Å²) in [5.74, 6) is -3.79. The van der Waals surface area contributed by atoms with Crippen LogP contribution in [-0.4, -0.2) is 94.9 Å². The Kier molecular flexibility index (Phi) is 11.9. The Bertz CT molecular complexity index is 763. The number of morpholine rings is 1. The van der Waals surface area contributed by atoms with E-state index in [1.165, 1.54) is 25.9 Å². The van der Waals surface area contributed by atoms with Gasteiger partial charge in [-0.2, -0.15) is 26.3 Å². The van der Waals surface area contributed by atoms with Crippen LogP contribution >= 0.6 is 0 Å². The first-order chi connectivity index (χ1) is 16.1. The first kappa shape index (κ1) is 30.6. The third-order valence-electron chi connectivity index (χ3n) is 5.48. The summed E-state index contributed by atoms with van der Waals surface area (Å²) in [6.45, 7) is 11.6. The van der Waals surface area contributed by atoms with Crippen molar-refractivity contribution in [1.82, 2.24) is 15.0 Å². The predicted molar refractivity (Wildman–Crippen MR) is 108 cm³/mol. The van der Waals surface area contributed by atoms with E-state index in [0.717, 1.165) is 50.2 Å². The quantitative estimate of drug-likeness (QED) is 0.577. The van der Waals surface area contributed by atoms with E-state index >= 15 is 0 Å². The molecule has 0 bridgehead atoms.